The van der Waals surface area contributed by atoms with E-state index in [2.05, 4.69) is 17.1 Å². The molecule has 3 unspecified atom stereocenters. The predicted molar refractivity (Wildman–Crippen MR) is 71.6 cm³/mol. The first-order valence-corrected chi connectivity index (χ1v) is 7.31. The highest BCUT2D eigenvalue weighted by atomic mass is 16.4. The molecule has 1 aliphatic heterocycles. The molecule has 2 fully saturated rings. The van der Waals surface area contributed by atoms with Crippen LogP contribution in [0.4, 0.5) is 0 Å². The number of carbonyl (C=O) groups is 1. The quantitative estimate of drug-likeness (QED) is 0.757. The van der Waals surface area contributed by atoms with Gasteiger partial charge in [0, 0.05) is 24.7 Å². The highest BCUT2D eigenvalue weighted by molar-refractivity contribution is 5.70. The summed E-state index contributed by atoms with van der Waals surface area (Å²) >= 11 is 0. The average molecular weight is 254 g/mol. The Morgan fingerprint density at radius 2 is 2.06 bits per heavy atom. The third-order valence-electron chi connectivity index (χ3n) is 4.50. The summed E-state index contributed by atoms with van der Waals surface area (Å²) in [5.74, 6) is -0.959. The molecule has 0 aromatic carbocycles. The molecule has 2 N–H and O–H groups in total. The first-order chi connectivity index (χ1) is 8.59. The molecule has 1 aliphatic carbocycles. The van der Waals surface area contributed by atoms with E-state index in [4.69, 9.17) is 5.11 Å². The first kappa shape index (κ1) is 13.8. The number of nitrogens with zero attached hydrogens (tertiary/aromatic N) is 1. The second-order valence-electron chi connectivity index (χ2n) is 5.94. The van der Waals surface area contributed by atoms with Crippen molar-refractivity contribution in [2.75, 3.05) is 13.1 Å². The van der Waals surface area contributed by atoms with Gasteiger partial charge in [-0.25, -0.2) is 0 Å². The summed E-state index contributed by atoms with van der Waals surface area (Å²) in [6.07, 6.45) is 6.30. The van der Waals surface area contributed by atoms with Gasteiger partial charge in [-0.3, -0.25) is 9.69 Å². The molecule has 4 heteroatoms. The molecule has 0 radical (unpaired) electrons. The van der Waals surface area contributed by atoms with Gasteiger partial charge in [-0.15, -0.1) is 0 Å². The molecule has 0 bridgehead atoms. The summed E-state index contributed by atoms with van der Waals surface area (Å²) in [4.78, 5) is 13.6. The summed E-state index contributed by atoms with van der Waals surface area (Å²) in [5.41, 5.74) is 0. The van der Waals surface area contributed by atoms with Crippen LogP contribution < -0.4 is 5.32 Å². The van der Waals surface area contributed by atoms with Crippen molar-refractivity contribution in [3.8, 4) is 0 Å². The van der Waals surface area contributed by atoms with E-state index >= 15 is 0 Å². The molecule has 18 heavy (non-hydrogen) atoms. The summed E-state index contributed by atoms with van der Waals surface area (Å²) in [5, 5.41) is 12.7. The van der Waals surface area contributed by atoms with Gasteiger partial charge >= 0.3 is 5.97 Å². The highest BCUT2D eigenvalue weighted by Crippen LogP contribution is 2.31. The van der Waals surface area contributed by atoms with Crippen molar-refractivity contribution >= 4 is 5.97 Å². The fourth-order valence-electron chi connectivity index (χ4n) is 2.88. The zero-order valence-corrected chi connectivity index (χ0v) is 11.6. The van der Waals surface area contributed by atoms with Crippen LogP contribution in [0.3, 0.4) is 0 Å². The predicted octanol–water partition coefficient (Wildman–Crippen LogP) is 1.70. The van der Waals surface area contributed by atoms with E-state index in [1.807, 2.05) is 6.92 Å². The summed E-state index contributed by atoms with van der Waals surface area (Å²) in [6.45, 7) is 6.03. The lowest BCUT2D eigenvalue weighted by atomic mass is 9.99. The molecule has 1 saturated carbocycles. The third-order valence-corrected chi connectivity index (χ3v) is 4.50. The van der Waals surface area contributed by atoms with Gasteiger partial charge in [0.25, 0.3) is 0 Å². The number of aliphatic carboxylic acids is 1. The maximum absolute atomic E-state index is 11.1. The van der Waals surface area contributed by atoms with Crippen LogP contribution in [0, 0.1) is 5.92 Å². The lowest BCUT2D eigenvalue weighted by Gasteiger charge is -2.36. The molecule has 2 rings (SSSR count). The SMILES string of the molecule is CC(C(=O)O)C(C)N(CC1CCCCN1)C1CC1. The molecular weight excluding hydrogens is 228 g/mol. The van der Waals surface area contributed by atoms with E-state index in [9.17, 15) is 4.79 Å². The second kappa shape index (κ2) is 6.02. The number of piperidine rings is 1. The average Bonchev–Trinajstić information content (AvgIpc) is 3.19. The third kappa shape index (κ3) is 3.45. The van der Waals surface area contributed by atoms with E-state index < -0.39 is 5.97 Å². The van der Waals surface area contributed by atoms with Crippen molar-refractivity contribution in [1.82, 2.24) is 10.2 Å². The van der Waals surface area contributed by atoms with Gasteiger partial charge in [-0.2, -0.15) is 0 Å². The monoisotopic (exact) mass is 254 g/mol. The molecule has 1 saturated heterocycles. The molecule has 1 heterocycles. The fraction of sp³-hybridized carbons (Fsp3) is 0.929. The number of carboxylic acids is 1. The van der Waals surface area contributed by atoms with E-state index in [0.29, 0.717) is 12.1 Å². The van der Waals surface area contributed by atoms with Crippen LogP contribution in [0.1, 0.15) is 46.0 Å². The van der Waals surface area contributed by atoms with E-state index in [1.165, 1.54) is 32.1 Å². The van der Waals surface area contributed by atoms with Crippen LogP contribution in [0.25, 0.3) is 0 Å². The Labute approximate surface area is 110 Å². The lowest BCUT2D eigenvalue weighted by molar-refractivity contribution is -0.143. The van der Waals surface area contributed by atoms with Gasteiger partial charge in [0.05, 0.1) is 5.92 Å². The Morgan fingerprint density at radius 1 is 1.33 bits per heavy atom. The van der Waals surface area contributed by atoms with Crippen molar-refractivity contribution in [3.63, 3.8) is 0 Å². The molecule has 0 spiro atoms. The molecular formula is C14H26N2O2. The lowest BCUT2D eigenvalue weighted by Crippen LogP contribution is -2.50. The highest BCUT2D eigenvalue weighted by Gasteiger charge is 2.37. The van der Waals surface area contributed by atoms with Gasteiger partial charge in [-0.1, -0.05) is 13.3 Å². The van der Waals surface area contributed by atoms with Gasteiger partial charge in [0.15, 0.2) is 0 Å². The molecule has 0 aromatic rings. The summed E-state index contributed by atoms with van der Waals surface area (Å²) in [7, 11) is 0. The molecule has 4 nitrogen and oxygen atoms in total. The fourth-order valence-corrected chi connectivity index (χ4v) is 2.88. The van der Waals surface area contributed by atoms with Gasteiger partial charge in [0.1, 0.15) is 0 Å². The van der Waals surface area contributed by atoms with Crippen molar-refractivity contribution in [3.05, 3.63) is 0 Å². The minimum atomic E-state index is -0.676. The zero-order valence-electron chi connectivity index (χ0n) is 11.6. The van der Waals surface area contributed by atoms with Crippen molar-refractivity contribution in [1.29, 1.82) is 0 Å². The van der Waals surface area contributed by atoms with Crippen LogP contribution in [0.5, 0.6) is 0 Å². The Balaban J connectivity index is 1.92. The minimum absolute atomic E-state index is 0.138. The van der Waals surface area contributed by atoms with E-state index in [1.54, 1.807) is 0 Å². The van der Waals surface area contributed by atoms with E-state index in [-0.39, 0.29) is 12.0 Å². The normalized spacial score (nSPS) is 28.1. The van der Waals surface area contributed by atoms with Gasteiger partial charge in [0.2, 0.25) is 0 Å². The molecule has 3 atom stereocenters. The first-order valence-electron chi connectivity index (χ1n) is 7.31. The number of nitrogens with one attached hydrogen (secondary N) is 1. The Hall–Kier alpha value is -0.610. The Morgan fingerprint density at radius 3 is 2.56 bits per heavy atom. The number of carboxylic acid groups (broad SMARTS) is 1. The molecule has 104 valence electrons. The van der Waals surface area contributed by atoms with Crippen LogP contribution in [-0.2, 0) is 4.79 Å². The van der Waals surface area contributed by atoms with Crippen molar-refractivity contribution in [2.45, 2.75) is 64.1 Å². The summed E-state index contributed by atoms with van der Waals surface area (Å²) in [6, 6.07) is 1.33. The summed E-state index contributed by atoms with van der Waals surface area (Å²) < 4.78 is 0. The molecule has 0 amide bonds. The van der Waals surface area contributed by atoms with Crippen LogP contribution in [0.2, 0.25) is 0 Å². The van der Waals surface area contributed by atoms with Crippen LogP contribution in [-0.4, -0.2) is 47.2 Å². The molecule has 0 aromatic heterocycles. The van der Waals surface area contributed by atoms with Gasteiger partial charge in [-0.05, 0) is 39.2 Å². The zero-order chi connectivity index (χ0) is 13.1. The smallest absolute Gasteiger partial charge is 0.307 e. The van der Waals surface area contributed by atoms with Crippen LogP contribution in [0.15, 0.2) is 0 Å². The maximum Gasteiger partial charge on any atom is 0.307 e. The maximum atomic E-state index is 11.1. The number of hydrogen-bond donors (Lipinski definition) is 2. The van der Waals surface area contributed by atoms with Crippen molar-refractivity contribution < 1.29 is 9.90 Å². The van der Waals surface area contributed by atoms with Crippen LogP contribution >= 0.6 is 0 Å². The van der Waals surface area contributed by atoms with E-state index in [0.717, 1.165) is 13.1 Å². The van der Waals surface area contributed by atoms with Gasteiger partial charge < -0.3 is 10.4 Å². The number of hydrogen-bond acceptors (Lipinski definition) is 3. The Bertz CT molecular complexity index is 286. The second-order valence-corrected chi connectivity index (χ2v) is 5.94. The topological polar surface area (TPSA) is 52.6 Å². The standard InChI is InChI=1S/C14H26N2O2/c1-10(14(17)18)11(2)16(13-6-7-13)9-12-5-3-4-8-15-12/h10-13,15H,3-9H2,1-2H3,(H,17,18). The minimum Gasteiger partial charge on any atom is -0.481 e. The van der Waals surface area contributed by atoms with Crippen molar-refractivity contribution in [2.24, 2.45) is 5.92 Å². The molecule has 2 aliphatic rings. The number of rotatable bonds is 6. The Kier molecular flexibility index (Phi) is 4.62. The largest absolute Gasteiger partial charge is 0.481 e.